The van der Waals surface area contributed by atoms with E-state index >= 15 is 0 Å². The molecule has 2 bridgehead atoms. The van der Waals surface area contributed by atoms with Gasteiger partial charge in [0.05, 0.1) is 17.5 Å². The first-order valence-electron chi connectivity index (χ1n) is 7.67. The van der Waals surface area contributed by atoms with E-state index in [1.807, 2.05) is 0 Å². The third-order valence-electron chi connectivity index (χ3n) is 5.42. The lowest BCUT2D eigenvalue weighted by Crippen LogP contribution is -2.47. The highest BCUT2D eigenvalue weighted by molar-refractivity contribution is 8.15. The van der Waals surface area contributed by atoms with Gasteiger partial charge in [-0.2, -0.15) is 4.99 Å². The number of sulfone groups is 1. The van der Waals surface area contributed by atoms with Gasteiger partial charge in [0.2, 0.25) is 5.91 Å². The zero-order chi connectivity index (χ0) is 14.8. The molecule has 4 aliphatic rings. The second-order valence-corrected chi connectivity index (χ2v) is 10.2. The van der Waals surface area contributed by atoms with Crippen LogP contribution in [0.1, 0.15) is 32.6 Å². The summed E-state index contributed by atoms with van der Waals surface area (Å²) in [6.45, 7) is 1.47. The summed E-state index contributed by atoms with van der Waals surface area (Å²) in [4.78, 5) is 17.8. The molecule has 4 rings (SSSR count). The largest absolute Gasteiger partial charge is 0.343 e. The minimum atomic E-state index is -2.94. The van der Waals surface area contributed by atoms with E-state index in [1.165, 1.54) is 37.9 Å². The molecular weight excluding hydrogens is 308 g/mol. The molecule has 0 aromatic carbocycles. The van der Waals surface area contributed by atoms with Gasteiger partial charge in [0.25, 0.3) is 0 Å². The Hall–Kier alpha value is -0.560. The van der Waals surface area contributed by atoms with Gasteiger partial charge in [-0.05, 0) is 31.1 Å². The van der Waals surface area contributed by atoms with E-state index in [9.17, 15) is 13.2 Å². The maximum Gasteiger partial charge on any atom is 0.244 e. The highest BCUT2D eigenvalue weighted by Gasteiger charge is 2.54. The number of hydrogen-bond donors (Lipinski definition) is 0. The van der Waals surface area contributed by atoms with Crippen molar-refractivity contribution in [2.24, 2.45) is 16.8 Å². The average molecular weight is 328 g/mol. The molecule has 0 spiro atoms. The first kappa shape index (κ1) is 14.1. The molecule has 2 aliphatic carbocycles. The summed E-state index contributed by atoms with van der Waals surface area (Å²) < 4.78 is 23.9. The topological polar surface area (TPSA) is 66.8 Å². The molecule has 0 unspecified atom stereocenters. The van der Waals surface area contributed by atoms with Crippen molar-refractivity contribution in [2.75, 3.05) is 11.5 Å². The number of aliphatic imine (C=N–C) groups is 1. The fraction of sp³-hybridized carbons (Fsp3) is 0.857. The maximum absolute atomic E-state index is 11.9. The van der Waals surface area contributed by atoms with Crippen LogP contribution >= 0.6 is 11.8 Å². The van der Waals surface area contributed by atoms with Gasteiger partial charge in [-0.15, -0.1) is 0 Å². The molecule has 7 heteroatoms. The zero-order valence-electron chi connectivity index (χ0n) is 12.1. The molecule has 1 amide bonds. The lowest BCUT2D eigenvalue weighted by atomic mass is 9.93. The van der Waals surface area contributed by atoms with Crippen LogP contribution in [0.5, 0.6) is 0 Å². The SMILES string of the molecule is CC(=O)N=C1S[C@@H]2CS(=O)(=O)C[C@H]2N1[C@@H]1C[C@@H]2CC[C@@H]1C2. The molecule has 0 aromatic heterocycles. The lowest BCUT2D eigenvalue weighted by molar-refractivity contribution is -0.115. The van der Waals surface area contributed by atoms with Crippen LogP contribution in [-0.2, 0) is 14.6 Å². The van der Waals surface area contributed by atoms with E-state index in [0.29, 0.717) is 12.0 Å². The molecule has 2 heterocycles. The molecule has 116 valence electrons. The predicted octanol–water partition coefficient (Wildman–Crippen LogP) is 1.29. The molecule has 21 heavy (non-hydrogen) atoms. The van der Waals surface area contributed by atoms with Gasteiger partial charge in [0.15, 0.2) is 15.0 Å². The van der Waals surface area contributed by atoms with Crippen molar-refractivity contribution in [1.29, 1.82) is 0 Å². The number of hydrogen-bond acceptors (Lipinski definition) is 4. The van der Waals surface area contributed by atoms with Crippen molar-refractivity contribution in [1.82, 2.24) is 4.90 Å². The van der Waals surface area contributed by atoms with E-state index in [1.54, 1.807) is 0 Å². The first-order valence-corrected chi connectivity index (χ1v) is 10.4. The fourth-order valence-electron chi connectivity index (χ4n) is 4.67. The molecule has 0 radical (unpaired) electrons. The highest BCUT2D eigenvalue weighted by atomic mass is 32.2. The van der Waals surface area contributed by atoms with E-state index in [2.05, 4.69) is 9.89 Å². The van der Waals surface area contributed by atoms with Crippen molar-refractivity contribution >= 4 is 32.7 Å². The summed E-state index contributed by atoms with van der Waals surface area (Å²) >= 11 is 1.51. The van der Waals surface area contributed by atoms with Crippen LogP contribution in [0.3, 0.4) is 0 Å². The summed E-state index contributed by atoms with van der Waals surface area (Å²) in [5.41, 5.74) is 0. The Morgan fingerprint density at radius 1 is 1.24 bits per heavy atom. The summed E-state index contributed by atoms with van der Waals surface area (Å²) in [7, 11) is -2.94. The Balaban J connectivity index is 1.67. The molecule has 2 saturated heterocycles. The predicted molar refractivity (Wildman–Crippen MR) is 83.0 cm³/mol. The summed E-state index contributed by atoms with van der Waals surface area (Å²) in [5, 5.41) is 0.845. The van der Waals surface area contributed by atoms with Crippen LogP contribution in [0.25, 0.3) is 0 Å². The smallest absolute Gasteiger partial charge is 0.244 e. The Morgan fingerprint density at radius 3 is 2.67 bits per heavy atom. The second-order valence-electron chi connectivity index (χ2n) is 6.86. The maximum atomic E-state index is 11.9. The summed E-state index contributed by atoms with van der Waals surface area (Å²) in [6.07, 6.45) is 4.97. The van der Waals surface area contributed by atoms with Crippen molar-refractivity contribution < 1.29 is 13.2 Å². The number of rotatable bonds is 1. The van der Waals surface area contributed by atoms with Gasteiger partial charge in [0.1, 0.15) is 0 Å². The molecule has 4 fully saturated rings. The summed E-state index contributed by atoms with van der Waals surface area (Å²) in [5.74, 6) is 1.73. The van der Waals surface area contributed by atoms with Crippen molar-refractivity contribution in [3.63, 3.8) is 0 Å². The van der Waals surface area contributed by atoms with Crippen LogP contribution in [0.4, 0.5) is 0 Å². The van der Waals surface area contributed by atoms with Gasteiger partial charge in [0, 0.05) is 18.2 Å². The van der Waals surface area contributed by atoms with Crippen molar-refractivity contribution in [3.05, 3.63) is 0 Å². The van der Waals surface area contributed by atoms with Gasteiger partial charge in [-0.1, -0.05) is 18.2 Å². The number of amides is 1. The number of fused-ring (bicyclic) bond motifs is 3. The number of carbonyl (C=O) groups is 1. The standard InChI is InChI=1S/C14H20N2O3S2/c1-8(17)15-14-16(11-5-9-2-3-10(11)4-9)12-6-21(18,19)7-13(12)20-14/h9-13H,2-7H2,1H3/t9-,10-,11-,12-,13-/m1/s1. The number of carbonyl (C=O) groups excluding carboxylic acids is 1. The van der Waals surface area contributed by atoms with Crippen LogP contribution in [0, 0.1) is 11.8 Å². The Labute approximate surface area is 129 Å². The van der Waals surface area contributed by atoms with Gasteiger partial charge in [-0.3, -0.25) is 4.79 Å². The molecule has 5 nitrogen and oxygen atoms in total. The van der Waals surface area contributed by atoms with E-state index in [-0.39, 0.29) is 28.7 Å². The Morgan fingerprint density at radius 2 is 2.05 bits per heavy atom. The zero-order valence-corrected chi connectivity index (χ0v) is 13.7. The Bertz CT molecular complexity index is 616. The van der Waals surface area contributed by atoms with E-state index in [4.69, 9.17) is 0 Å². The molecule has 0 N–H and O–H groups in total. The number of nitrogens with zero attached hydrogens (tertiary/aromatic N) is 2. The molecule has 0 aromatic rings. The van der Waals surface area contributed by atoms with Gasteiger partial charge >= 0.3 is 0 Å². The summed E-state index contributed by atoms with van der Waals surface area (Å²) in [6, 6.07) is 0.431. The third kappa shape index (κ3) is 2.32. The first-order chi connectivity index (χ1) is 9.93. The average Bonchev–Trinajstić information content (AvgIpc) is 3.07. The van der Waals surface area contributed by atoms with Crippen molar-refractivity contribution in [3.8, 4) is 0 Å². The molecule has 2 aliphatic heterocycles. The van der Waals surface area contributed by atoms with Gasteiger partial charge in [-0.25, -0.2) is 8.42 Å². The quantitative estimate of drug-likeness (QED) is 0.726. The normalized spacial score (nSPS) is 45.5. The minimum absolute atomic E-state index is 0.0300. The van der Waals surface area contributed by atoms with Crippen LogP contribution < -0.4 is 0 Å². The molecule has 2 saturated carbocycles. The van der Waals surface area contributed by atoms with E-state index in [0.717, 1.165) is 17.5 Å². The fourth-order valence-corrected chi connectivity index (χ4v) is 8.68. The van der Waals surface area contributed by atoms with Gasteiger partial charge < -0.3 is 4.90 Å². The number of amidine groups is 1. The van der Waals surface area contributed by atoms with Crippen LogP contribution in [-0.4, -0.2) is 53.2 Å². The van der Waals surface area contributed by atoms with Crippen LogP contribution in [0.2, 0.25) is 0 Å². The highest BCUT2D eigenvalue weighted by Crippen LogP contribution is 2.51. The number of thioether (sulfide) groups is 1. The second kappa shape index (κ2) is 4.72. The Kier molecular flexibility index (Phi) is 3.16. The molecular formula is C14H20N2O3S2. The monoisotopic (exact) mass is 328 g/mol. The lowest BCUT2D eigenvalue weighted by Gasteiger charge is -2.36. The van der Waals surface area contributed by atoms with Crippen LogP contribution in [0.15, 0.2) is 4.99 Å². The minimum Gasteiger partial charge on any atom is -0.343 e. The van der Waals surface area contributed by atoms with Crippen molar-refractivity contribution in [2.45, 2.75) is 49.9 Å². The van der Waals surface area contributed by atoms with E-state index < -0.39 is 9.84 Å². The molecule has 5 atom stereocenters. The third-order valence-corrected chi connectivity index (χ3v) is 8.64.